The van der Waals surface area contributed by atoms with E-state index in [1.165, 1.54) is 12.8 Å². The fourth-order valence-corrected chi connectivity index (χ4v) is 2.41. The van der Waals surface area contributed by atoms with Crippen molar-refractivity contribution in [2.45, 2.75) is 38.3 Å². The SMILES string of the molecule is CC(Oc1ccccc1)C(=O)NCCn1ccnc1C1CC1. The zero-order chi connectivity index (χ0) is 15.4. The van der Waals surface area contributed by atoms with Crippen LogP contribution in [0.1, 0.15) is 31.5 Å². The maximum Gasteiger partial charge on any atom is 0.260 e. The summed E-state index contributed by atoms with van der Waals surface area (Å²) >= 11 is 0. The Balaban J connectivity index is 1.44. The second kappa shape index (κ2) is 6.64. The van der Waals surface area contributed by atoms with Crippen molar-refractivity contribution in [1.29, 1.82) is 0 Å². The first-order chi connectivity index (χ1) is 10.7. The number of carbonyl (C=O) groups is 1. The number of hydrogen-bond acceptors (Lipinski definition) is 3. The summed E-state index contributed by atoms with van der Waals surface area (Å²) in [6, 6.07) is 9.38. The Kier molecular flexibility index (Phi) is 4.42. The summed E-state index contributed by atoms with van der Waals surface area (Å²) in [6.07, 6.45) is 5.75. The van der Waals surface area contributed by atoms with Crippen molar-refractivity contribution in [3.8, 4) is 5.75 Å². The Morgan fingerprint density at radius 2 is 2.18 bits per heavy atom. The van der Waals surface area contributed by atoms with Gasteiger partial charge in [-0.25, -0.2) is 4.98 Å². The number of nitrogens with one attached hydrogen (secondary N) is 1. The van der Waals surface area contributed by atoms with Gasteiger partial charge in [-0.1, -0.05) is 18.2 Å². The average molecular weight is 299 g/mol. The number of hydrogen-bond donors (Lipinski definition) is 1. The number of imidazole rings is 1. The van der Waals surface area contributed by atoms with E-state index in [0.29, 0.717) is 18.2 Å². The van der Waals surface area contributed by atoms with E-state index in [0.717, 1.165) is 12.4 Å². The molecule has 0 spiro atoms. The van der Waals surface area contributed by atoms with Gasteiger partial charge in [0.1, 0.15) is 11.6 Å². The summed E-state index contributed by atoms with van der Waals surface area (Å²) in [7, 11) is 0. The lowest BCUT2D eigenvalue weighted by molar-refractivity contribution is -0.127. The van der Waals surface area contributed by atoms with Gasteiger partial charge in [0.05, 0.1) is 0 Å². The molecule has 22 heavy (non-hydrogen) atoms. The normalized spacial score (nSPS) is 15.3. The van der Waals surface area contributed by atoms with Crippen molar-refractivity contribution in [3.63, 3.8) is 0 Å². The molecule has 0 aliphatic heterocycles. The number of aromatic nitrogens is 2. The highest BCUT2D eigenvalue weighted by atomic mass is 16.5. The molecule has 1 heterocycles. The molecule has 1 N–H and O–H groups in total. The summed E-state index contributed by atoms with van der Waals surface area (Å²) in [5.41, 5.74) is 0. The molecule has 1 fully saturated rings. The zero-order valence-electron chi connectivity index (χ0n) is 12.7. The fourth-order valence-electron chi connectivity index (χ4n) is 2.41. The van der Waals surface area contributed by atoms with Crippen LogP contribution >= 0.6 is 0 Å². The lowest BCUT2D eigenvalue weighted by Gasteiger charge is -2.15. The second-order valence-electron chi connectivity index (χ2n) is 5.62. The van der Waals surface area contributed by atoms with Crippen molar-refractivity contribution < 1.29 is 9.53 Å². The summed E-state index contributed by atoms with van der Waals surface area (Å²) in [6.45, 7) is 3.09. The van der Waals surface area contributed by atoms with Gasteiger partial charge in [-0.3, -0.25) is 4.79 Å². The predicted molar refractivity (Wildman–Crippen MR) is 83.7 cm³/mol. The van der Waals surface area contributed by atoms with Crippen LogP contribution in [0.2, 0.25) is 0 Å². The third-order valence-corrected chi connectivity index (χ3v) is 3.77. The van der Waals surface area contributed by atoms with Gasteiger partial charge >= 0.3 is 0 Å². The third kappa shape index (κ3) is 3.67. The quantitative estimate of drug-likeness (QED) is 0.854. The van der Waals surface area contributed by atoms with Gasteiger partial charge in [0.2, 0.25) is 0 Å². The Hall–Kier alpha value is -2.30. The van der Waals surface area contributed by atoms with E-state index in [9.17, 15) is 4.79 Å². The molecule has 2 aromatic rings. The van der Waals surface area contributed by atoms with E-state index in [4.69, 9.17) is 4.74 Å². The number of rotatable bonds is 7. The van der Waals surface area contributed by atoms with Crippen molar-refractivity contribution in [3.05, 3.63) is 48.5 Å². The second-order valence-corrected chi connectivity index (χ2v) is 5.62. The minimum Gasteiger partial charge on any atom is -0.481 e. The Labute approximate surface area is 130 Å². The molecule has 0 radical (unpaired) electrons. The molecule has 1 aromatic carbocycles. The lowest BCUT2D eigenvalue weighted by Crippen LogP contribution is -2.38. The van der Waals surface area contributed by atoms with Crippen LogP contribution in [0.25, 0.3) is 0 Å². The first-order valence-corrected chi connectivity index (χ1v) is 7.74. The van der Waals surface area contributed by atoms with Gasteiger partial charge in [0, 0.05) is 31.4 Å². The standard InChI is InChI=1S/C17H21N3O2/c1-13(22-15-5-3-2-4-6-15)17(21)19-10-12-20-11-9-18-16(20)14-7-8-14/h2-6,9,11,13-14H,7-8,10,12H2,1H3,(H,19,21). The molecule has 5 heteroatoms. The highest BCUT2D eigenvalue weighted by Gasteiger charge is 2.27. The molecule has 116 valence electrons. The van der Waals surface area contributed by atoms with E-state index in [2.05, 4.69) is 14.9 Å². The van der Waals surface area contributed by atoms with Crippen LogP contribution in [0.3, 0.4) is 0 Å². The molecule has 1 aliphatic carbocycles. The molecule has 1 unspecified atom stereocenters. The molecule has 1 saturated carbocycles. The molecular weight excluding hydrogens is 278 g/mol. The van der Waals surface area contributed by atoms with E-state index in [-0.39, 0.29) is 5.91 Å². The van der Waals surface area contributed by atoms with Crippen molar-refractivity contribution in [2.24, 2.45) is 0 Å². The van der Waals surface area contributed by atoms with E-state index in [1.54, 1.807) is 6.92 Å². The maximum absolute atomic E-state index is 12.0. The van der Waals surface area contributed by atoms with Gasteiger partial charge in [0.15, 0.2) is 6.10 Å². The summed E-state index contributed by atoms with van der Waals surface area (Å²) < 4.78 is 7.73. The van der Waals surface area contributed by atoms with Crippen LogP contribution in [0.5, 0.6) is 5.75 Å². The predicted octanol–water partition coefficient (Wildman–Crippen LogP) is 2.34. The summed E-state index contributed by atoms with van der Waals surface area (Å²) in [4.78, 5) is 16.4. The first-order valence-electron chi connectivity index (χ1n) is 7.74. The molecule has 1 atom stereocenters. The van der Waals surface area contributed by atoms with Crippen LogP contribution in [0.15, 0.2) is 42.7 Å². The van der Waals surface area contributed by atoms with Gasteiger partial charge in [-0.15, -0.1) is 0 Å². The molecule has 1 aromatic heterocycles. The Morgan fingerprint density at radius 1 is 1.41 bits per heavy atom. The molecule has 0 saturated heterocycles. The smallest absolute Gasteiger partial charge is 0.260 e. The largest absolute Gasteiger partial charge is 0.481 e. The van der Waals surface area contributed by atoms with Gasteiger partial charge in [-0.05, 0) is 31.9 Å². The number of benzene rings is 1. The fraction of sp³-hybridized carbons (Fsp3) is 0.412. The zero-order valence-corrected chi connectivity index (χ0v) is 12.7. The van der Waals surface area contributed by atoms with Crippen molar-refractivity contribution in [2.75, 3.05) is 6.54 Å². The molecule has 1 aliphatic rings. The molecular formula is C17H21N3O2. The topological polar surface area (TPSA) is 56.1 Å². The monoisotopic (exact) mass is 299 g/mol. The van der Waals surface area contributed by atoms with Gasteiger partial charge in [0.25, 0.3) is 5.91 Å². The summed E-state index contributed by atoms with van der Waals surface area (Å²) in [5.74, 6) is 2.36. The Morgan fingerprint density at radius 3 is 2.91 bits per heavy atom. The number of nitrogens with zero attached hydrogens (tertiary/aromatic N) is 2. The van der Waals surface area contributed by atoms with Crippen LogP contribution in [-0.4, -0.2) is 28.1 Å². The molecule has 0 bridgehead atoms. The summed E-state index contributed by atoms with van der Waals surface area (Å²) in [5, 5.41) is 2.91. The van der Waals surface area contributed by atoms with Crippen molar-refractivity contribution >= 4 is 5.91 Å². The minimum absolute atomic E-state index is 0.100. The molecule has 1 amide bonds. The number of ether oxygens (including phenoxy) is 1. The average Bonchev–Trinajstić information content (AvgIpc) is 3.27. The first kappa shape index (κ1) is 14.6. The maximum atomic E-state index is 12.0. The number of amides is 1. The van der Waals surface area contributed by atoms with Gasteiger partial charge < -0.3 is 14.6 Å². The molecule has 3 rings (SSSR count). The van der Waals surface area contributed by atoms with Crippen molar-refractivity contribution in [1.82, 2.24) is 14.9 Å². The highest BCUT2D eigenvalue weighted by Crippen LogP contribution is 2.38. The Bertz CT molecular complexity index is 620. The van der Waals surface area contributed by atoms with Crippen LogP contribution < -0.4 is 10.1 Å². The van der Waals surface area contributed by atoms with Gasteiger partial charge in [-0.2, -0.15) is 0 Å². The highest BCUT2D eigenvalue weighted by molar-refractivity contribution is 5.80. The molecule has 5 nitrogen and oxygen atoms in total. The lowest BCUT2D eigenvalue weighted by atomic mass is 10.3. The van der Waals surface area contributed by atoms with E-state index < -0.39 is 6.10 Å². The van der Waals surface area contributed by atoms with E-state index in [1.807, 2.05) is 42.7 Å². The third-order valence-electron chi connectivity index (χ3n) is 3.77. The van der Waals surface area contributed by atoms with Crippen LogP contribution in [0.4, 0.5) is 0 Å². The number of para-hydroxylation sites is 1. The number of carbonyl (C=O) groups excluding carboxylic acids is 1. The van der Waals surface area contributed by atoms with E-state index >= 15 is 0 Å². The van der Waals surface area contributed by atoms with Crippen LogP contribution in [0, 0.1) is 0 Å². The minimum atomic E-state index is -0.506. The van der Waals surface area contributed by atoms with Crippen LogP contribution in [-0.2, 0) is 11.3 Å².